The van der Waals surface area contributed by atoms with Crippen molar-refractivity contribution in [1.82, 2.24) is 0 Å². The minimum absolute atomic E-state index is 0.216. The fourth-order valence-electron chi connectivity index (χ4n) is 2.83. The second kappa shape index (κ2) is 4.82. The zero-order chi connectivity index (χ0) is 16.0. The number of amides is 1. The molecule has 1 unspecified atom stereocenters. The lowest BCUT2D eigenvalue weighted by molar-refractivity contribution is -0.155. The Kier molecular flexibility index (Phi) is 3.55. The highest BCUT2D eigenvalue weighted by Gasteiger charge is 2.54. The van der Waals surface area contributed by atoms with E-state index in [1.165, 1.54) is 45.2 Å². The molecule has 0 fully saturated rings. The molecule has 21 heavy (non-hydrogen) atoms. The molecular formula is C14H16F3NO3. The number of alkyl halides is 3. The Hall–Kier alpha value is -1.92. The van der Waals surface area contributed by atoms with Crippen molar-refractivity contribution in [3.63, 3.8) is 0 Å². The number of benzene rings is 1. The van der Waals surface area contributed by atoms with E-state index in [2.05, 4.69) is 0 Å². The number of likely N-dealkylation sites (N-methyl/N-ethyl adjacent to an activating group) is 1. The predicted molar refractivity (Wildman–Crippen MR) is 71.0 cm³/mol. The summed E-state index contributed by atoms with van der Waals surface area (Å²) in [6.07, 6.45) is -5.70. The third kappa shape index (κ3) is 2.41. The standard InChI is InChI=1S/C14H16F3NO3/c1-13(7-14(15,16)17)11-9(18(2)12(13)19)5-8(20-3)6-10(11)21-4/h5-6H,7H2,1-4H3. The van der Waals surface area contributed by atoms with Crippen LogP contribution in [0.25, 0.3) is 0 Å². The molecule has 2 rings (SSSR count). The summed E-state index contributed by atoms with van der Waals surface area (Å²) in [5, 5.41) is 0. The van der Waals surface area contributed by atoms with Crippen LogP contribution in [0.1, 0.15) is 18.9 Å². The highest BCUT2D eigenvalue weighted by molar-refractivity contribution is 6.08. The monoisotopic (exact) mass is 303 g/mol. The van der Waals surface area contributed by atoms with E-state index in [1.54, 1.807) is 0 Å². The Morgan fingerprint density at radius 1 is 1.24 bits per heavy atom. The molecule has 0 aliphatic carbocycles. The lowest BCUT2D eigenvalue weighted by Gasteiger charge is -2.25. The first-order valence-corrected chi connectivity index (χ1v) is 6.25. The van der Waals surface area contributed by atoms with Gasteiger partial charge in [-0.15, -0.1) is 0 Å². The fraction of sp³-hybridized carbons (Fsp3) is 0.500. The molecule has 0 saturated carbocycles. The molecule has 7 heteroatoms. The topological polar surface area (TPSA) is 38.8 Å². The zero-order valence-corrected chi connectivity index (χ0v) is 12.2. The molecule has 1 aliphatic heterocycles. The number of halogens is 3. The molecule has 0 bridgehead atoms. The van der Waals surface area contributed by atoms with Gasteiger partial charge in [-0.3, -0.25) is 4.79 Å². The minimum atomic E-state index is -4.46. The Balaban J connectivity index is 2.68. The average Bonchev–Trinajstić information content (AvgIpc) is 2.58. The van der Waals surface area contributed by atoms with Crippen molar-refractivity contribution < 1.29 is 27.4 Å². The van der Waals surface area contributed by atoms with Gasteiger partial charge in [0.1, 0.15) is 11.5 Å². The summed E-state index contributed by atoms with van der Waals surface area (Å²) in [7, 11) is 4.24. The lowest BCUT2D eigenvalue weighted by Crippen LogP contribution is -2.39. The fourth-order valence-corrected chi connectivity index (χ4v) is 2.83. The van der Waals surface area contributed by atoms with Crippen molar-refractivity contribution in [2.45, 2.75) is 24.9 Å². The van der Waals surface area contributed by atoms with Crippen LogP contribution in [0.3, 0.4) is 0 Å². The van der Waals surface area contributed by atoms with Gasteiger partial charge in [0.2, 0.25) is 5.91 Å². The van der Waals surface area contributed by atoms with E-state index >= 15 is 0 Å². The van der Waals surface area contributed by atoms with Gasteiger partial charge in [-0.05, 0) is 6.92 Å². The number of rotatable bonds is 3. The quantitative estimate of drug-likeness (QED) is 0.862. The van der Waals surface area contributed by atoms with Crippen LogP contribution in [-0.2, 0) is 10.2 Å². The first-order valence-electron chi connectivity index (χ1n) is 6.25. The predicted octanol–water partition coefficient (Wildman–Crippen LogP) is 2.89. The summed E-state index contributed by atoms with van der Waals surface area (Å²) < 4.78 is 49.0. The van der Waals surface area contributed by atoms with Crippen LogP contribution in [0, 0.1) is 0 Å². The Morgan fingerprint density at radius 3 is 2.33 bits per heavy atom. The maximum atomic E-state index is 12.9. The van der Waals surface area contributed by atoms with Crippen molar-refractivity contribution in [3.8, 4) is 11.5 Å². The first-order chi connectivity index (χ1) is 9.64. The van der Waals surface area contributed by atoms with Gasteiger partial charge in [0.25, 0.3) is 0 Å². The second-order valence-corrected chi connectivity index (χ2v) is 5.21. The largest absolute Gasteiger partial charge is 0.497 e. The van der Waals surface area contributed by atoms with E-state index < -0.39 is 23.9 Å². The van der Waals surface area contributed by atoms with Crippen LogP contribution >= 0.6 is 0 Å². The summed E-state index contributed by atoms with van der Waals surface area (Å²) >= 11 is 0. The number of ether oxygens (including phenoxy) is 2. The van der Waals surface area contributed by atoms with Gasteiger partial charge in [-0.2, -0.15) is 13.2 Å². The van der Waals surface area contributed by atoms with Crippen molar-refractivity contribution in [1.29, 1.82) is 0 Å². The van der Waals surface area contributed by atoms with E-state index in [1.807, 2.05) is 0 Å². The van der Waals surface area contributed by atoms with Crippen molar-refractivity contribution in [2.75, 3.05) is 26.2 Å². The van der Waals surface area contributed by atoms with Gasteiger partial charge in [0.15, 0.2) is 0 Å². The second-order valence-electron chi connectivity index (χ2n) is 5.21. The molecule has 0 spiro atoms. The van der Waals surface area contributed by atoms with Gasteiger partial charge in [-0.1, -0.05) is 0 Å². The zero-order valence-electron chi connectivity index (χ0n) is 12.2. The maximum Gasteiger partial charge on any atom is 0.390 e. The molecule has 116 valence electrons. The number of carbonyl (C=O) groups excluding carboxylic acids is 1. The van der Waals surface area contributed by atoms with Crippen LogP contribution in [0.5, 0.6) is 11.5 Å². The summed E-state index contributed by atoms with van der Waals surface area (Å²) in [5.41, 5.74) is -1.07. The Bertz CT molecular complexity index is 586. The first kappa shape index (κ1) is 15.5. The van der Waals surface area contributed by atoms with Gasteiger partial charge < -0.3 is 14.4 Å². The average molecular weight is 303 g/mol. The third-order valence-corrected chi connectivity index (χ3v) is 3.75. The van der Waals surface area contributed by atoms with E-state index in [0.717, 1.165) is 0 Å². The molecule has 1 aromatic rings. The van der Waals surface area contributed by atoms with E-state index in [9.17, 15) is 18.0 Å². The molecule has 0 saturated heterocycles. The SMILES string of the molecule is COc1cc(OC)c2c(c1)N(C)C(=O)C2(C)CC(F)(F)F. The maximum absolute atomic E-state index is 12.9. The van der Waals surface area contributed by atoms with Crippen LogP contribution < -0.4 is 14.4 Å². The Morgan fingerprint density at radius 2 is 1.86 bits per heavy atom. The summed E-state index contributed by atoms with van der Waals surface area (Å²) in [5.74, 6) is 0.0247. The lowest BCUT2D eigenvalue weighted by atomic mass is 9.80. The number of anilines is 1. The number of fused-ring (bicyclic) bond motifs is 1. The number of hydrogen-bond donors (Lipinski definition) is 0. The van der Waals surface area contributed by atoms with E-state index in [0.29, 0.717) is 11.4 Å². The van der Waals surface area contributed by atoms with Crippen LogP contribution in [0.4, 0.5) is 18.9 Å². The highest BCUT2D eigenvalue weighted by atomic mass is 19.4. The van der Waals surface area contributed by atoms with E-state index in [4.69, 9.17) is 9.47 Å². The molecule has 1 aromatic carbocycles. The van der Waals surface area contributed by atoms with Crippen molar-refractivity contribution >= 4 is 11.6 Å². The smallest absolute Gasteiger partial charge is 0.390 e. The van der Waals surface area contributed by atoms with Crippen molar-refractivity contribution in [2.24, 2.45) is 0 Å². The number of nitrogens with zero attached hydrogens (tertiary/aromatic N) is 1. The summed E-state index contributed by atoms with van der Waals surface area (Å²) in [4.78, 5) is 13.6. The number of carbonyl (C=O) groups is 1. The normalized spacial score (nSPS) is 21.5. The molecule has 4 nitrogen and oxygen atoms in total. The van der Waals surface area contributed by atoms with Crippen molar-refractivity contribution in [3.05, 3.63) is 17.7 Å². The van der Waals surface area contributed by atoms with Crippen LogP contribution in [-0.4, -0.2) is 33.4 Å². The number of hydrogen-bond acceptors (Lipinski definition) is 3. The van der Waals surface area contributed by atoms with Gasteiger partial charge in [0, 0.05) is 24.7 Å². The third-order valence-electron chi connectivity index (χ3n) is 3.75. The Labute approximate surface area is 120 Å². The molecule has 1 aliphatic rings. The molecule has 0 radical (unpaired) electrons. The molecule has 1 amide bonds. The summed E-state index contributed by atoms with van der Waals surface area (Å²) in [6.45, 7) is 1.29. The van der Waals surface area contributed by atoms with Crippen LogP contribution in [0.2, 0.25) is 0 Å². The minimum Gasteiger partial charge on any atom is -0.497 e. The number of methoxy groups -OCH3 is 2. The highest BCUT2D eigenvalue weighted by Crippen LogP contribution is 2.52. The molecule has 1 atom stereocenters. The van der Waals surface area contributed by atoms with Crippen LogP contribution in [0.15, 0.2) is 12.1 Å². The molecule has 0 aromatic heterocycles. The summed E-state index contributed by atoms with van der Waals surface area (Å²) in [6, 6.07) is 3.03. The van der Waals surface area contributed by atoms with Gasteiger partial charge in [0.05, 0.1) is 31.7 Å². The van der Waals surface area contributed by atoms with Gasteiger partial charge >= 0.3 is 6.18 Å². The molecular weight excluding hydrogens is 287 g/mol. The van der Waals surface area contributed by atoms with E-state index in [-0.39, 0.29) is 11.3 Å². The molecule has 0 N–H and O–H groups in total. The molecule has 1 heterocycles. The van der Waals surface area contributed by atoms with Gasteiger partial charge in [-0.25, -0.2) is 0 Å².